The predicted octanol–water partition coefficient (Wildman–Crippen LogP) is 6.43. The van der Waals surface area contributed by atoms with Crippen LogP contribution in [0.5, 0.6) is 0 Å². The Morgan fingerprint density at radius 1 is 1.15 bits per heavy atom. The number of nitrogens with zero attached hydrogens (tertiary/aromatic N) is 3. The van der Waals surface area contributed by atoms with Crippen LogP contribution in [0.3, 0.4) is 0 Å². The van der Waals surface area contributed by atoms with Gasteiger partial charge in [-0.15, -0.1) is 0 Å². The van der Waals surface area contributed by atoms with Gasteiger partial charge in [0.25, 0.3) is 0 Å². The number of fused-ring (bicyclic) bond motifs is 1. The molecule has 5 nitrogen and oxygen atoms in total. The number of benzene rings is 2. The number of rotatable bonds is 5. The quantitative estimate of drug-likeness (QED) is 0.414. The van der Waals surface area contributed by atoms with Gasteiger partial charge in [0, 0.05) is 5.92 Å². The third-order valence-corrected chi connectivity index (χ3v) is 7.35. The summed E-state index contributed by atoms with van der Waals surface area (Å²) in [5.41, 5.74) is 5.53. The predicted molar refractivity (Wildman–Crippen MR) is 134 cm³/mol. The van der Waals surface area contributed by atoms with Crippen LogP contribution >= 0.6 is 11.3 Å². The van der Waals surface area contributed by atoms with E-state index in [9.17, 15) is 4.79 Å². The lowest BCUT2D eigenvalue weighted by Crippen LogP contribution is -2.28. The fourth-order valence-electron chi connectivity index (χ4n) is 4.76. The molecule has 2 aromatic carbocycles. The van der Waals surface area contributed by atoms with Crippen LogP contribution in [0, 0.1) is 12.8 Å². The molecule has 0 bridgehead atoms. The summed E-state index contributed by atoms with van der Waals surface area (Å²) in [6, 6.07) is 21.0. The number of aryl methyl sites for hydroxylation is 1. The van der Waals surface area contributed by atoms with E-state index in [4.69, 9.17) is 14.8 Å². The first kappa shape index (κ1) is 21.6. The van der Waals surface area contributed by atoms with E-state index >= 15 is 0 Å². The van der Waals surface area contributed by atoms with E-state index in [2.05, 4.69) is 54.6 Å². The molecule has 0 saturated heterocycles. The van der Waals surface area contributed by atoms with E-state index in [1.165, 1.54) is 28.0 Å². The normalized spacial score (nSPS) is 21.1. The lowest BCUT2D eigenvalue weighted by Gasteiger charge is -2.29. The monoisotopic (exact) mass is 457 g/mol. The molecule has 2 heterocycles. The minimum Gasteiger partial charge on any atom is -0.462 e. The molecule has 168 valence electrons. The molecule has 2 aliphatic rings. The number of carbonyl (C=O) groups is 1. The molecule has 6 heteroatoms. The number of thiazole rings is 1. The molecule has 33 heavy (non-hydrogen) atoms. The molecule has 0 N–H and O–H groups in total. The highest BCUT2D eigenvalue weighted by molar-refractivity contribution is 7.17. The van der Waals surface area contributed by atoms with E-state index in [1.807, 2.05) is 31.0 Å². The Labute approximate surface area is 198 Å². The highest BCUT2D eigenvalue weighted by Crippen LogP contribution is 2.47. The highest BCUT2D eigenvalue weighted by atomic mass is 32.1. The van der Waals surface area contributed by atoms with Crippen molar-refractivity contribution >= 4 is 34.2 Å². The van der Waals surface area contributed by atoms with E-state index in [-0.39, 0.29) is 17.9 Å². The van der Waals surface area contributed by atoms with Gasteiger partial charge in [-0.1, -0.05) is 72.0 Å². The van der Waals surface area contributed by atoms with Gasteiger partial charge in [-0.25, -0.2) is 14.8 Å². The standard InChI is InChI=1S/C27H27N3O2S/c1-3-32-26(31)25-18(2)28-27(33-25)30-24(20-13-8-5-9-14-20)22-16-10-15-21(23(22)29-30)17-19-11-6-4-7-12-19/h4-9,11-14,17,22,24H,3,10,15-16H2,1-2H3/b21-17-/t22-,24+/m0/s1. The van der Waals surface area contributed by atoms with Gasteiger partial charge in [0.15, 0.2) is 0 Å². The van der Waals surface area contributed by atoms with Crippen molar-refractivity contribution in [3.63, 3.8) is 0 Å². The van der Waals surface area contributed by atoms with E-state index < -0.39 is 0 Å². The molecule has 1 saturated carbocycles. The first-order valence-corrected chi connectivity index (χ1v) is 12.3. The zero-order valence-corrected chi connectivity index (χ0v) is 19.7. The van der Waals surface area contributed by atoms with Crippen LogP contribution in [0.1, 0.15) is 58.7 Å². The molecule has 0 spiro atoms. The van der Waals surface area contributed by atoms with Crippen molar-refractivity contribution < 1.29 is 9.53 Å². The molecular formula is C27H27N3O2S. The maximum atomic E-state index is 12.4. The molecule has 1 aliphatic carbocycles. The van der Waals surface area contributed by atoms with Crippen molar-refractivity contribution in [3.8, 4) is 0 Å². The summed E-state index contributed by atoms with van der Waals surface area (Å²) in [5.74, 6) is -0.0321. The van der Waals surface area contributed by atoms with Crippen LogP contribution < -0.4 is 5.01 Å². The fraction of sp³-hybridized carbons (Fsp3) is 0.296. The molecule has 2 atom stereocenters. The van der Waals surface area contributed by atoms with Gasteiger partial charge in [0.1, 0.15) is 4.88 Å². The Bertz CT molecular complexity index is 1200. The van der Waals surface area contributed by atoms with Crippen LogP contribution in [-0.4, -0.2) is 23.3 Å². The molecule has 5 rings (SSSR count). The van der Waals surface area contributed by atoms with Gasteiger partial charge in [-0.05, 0) is 55.9 Å². The lowest BCUT2D eigenvalue weighted by molar-refractivity contribution is 0.0531. The summed E-state index contributed by atoms with van der Waals surface area (Å²) in [7, 11) is 0. The summed E-state index contributed by atoms with van der Waals surface area (Å²) in [5, 5.41) is 7.94. The third-order valence-electron chi connectivity index (χ3n) is 6.23. The first-order chi connectivity index (χ1) is 16.2. The maximum Gasteiger partial charge on any atom is 0.350 e. The summed E-state index contributed by atoms with van der Waals surface area (Å²) in [4.78, 5) is 17.7. The van der Waals surface area contributed by atoms with Crippen LogP contribution in [0.25, 0.3) is 6.08 Å². The van der Waals surface area contributed by atoms with Gasteiger partial charge in [0.2, 0.25) is 5.13 Å². The Hall–Kier alpha value is -3.25. The number of hydrogen-bond donors (Lipinski definition) is 0. The number of ether oxygens (including phenoxy) is 1. The van der Waals surface area contributed by atoms with E-state index in [0.29, 0.717) is 17.2 Å². The smallest absolute Gasteiger partial charge is 0.350 e. The number of esters is 1. The van der Waals surface area contributed by atoms with Crippen molar-refractivity contribution in [1.29, 1.82) is 0 Å². The minimum absolute atomic E-state index is 0.0567. The highest BCUT2D eigenvalue weighted by Gasteiger charge is 2.43. The number of hydrogen-bond acceptors (Lipinski definition) is 6. The average molecular weight is 458 g/mol. The topological polar surface area (TPSA) is 54.8 Å². The molecule has 0 unspecified atom stereocenters. The van der Waals surface area contributed by atoms with Crippen molar-refractivity contribution in [2.24, 2.45) is 11.0 Å². The lowest BCUT2D eigenvalue weighted by atomic mass is 9.77. The SMILES string of the molecule is CCOC(=O)c1sc(N2N=C3/C(=C\c4ccccc4)CCC[C@@H]3[C@H]2c2ccccc2)nc1C. The number of allylic oxidation sites excluding steroid dienone is 1. The van der Waals surface area contributed by atoms with Gasteiger partial charge in [-0.2, -0.15) is 5.10 Å². The van der Waals surface area contributed by atoms with Gasteiger partial charge in [0.05, 0.1) is 24.1 Å². The molecule has 1 aromatic heterocycles. The second-order valence-corrected chi connectivity index (χ2v) is 9.37. The van der Waals surface area contributed by atoms with Crippen molar-refractivity contribution in [2.75, 3.05) is 11.6 Å². The Balaban J connectivity index is 1.58. The Kier molecular flexibility index (Phi) is 6.09. The third kappa shape index (κ3) is 4.23. The molecule has 1 aliphatic heterocycles. The zero-order chi connectivity index (χ0) is 22.8. The van der Waals surface area contributed by atoms with Crippen LogP contribution in [0.2, 0.25) is 0 Å². The van der Waals surface area contributed by atoms with Crippen molar-refractivity contribution in [3.05, 3.63) is 87.9 Å². The van der Waals surface area contributed by atoms with Crippen LogP contribution in [0.15, 0.2) is 71.3 Å². The largest absolute Gasteiger partial charge is 0.462 e. The van der Waals surface area contributed by atoms with E-state index in [0.717, 1.165) is 30.1 Å². The molecule has 1 fully saturated rings. The van der Waals surface area contributed by atoms with Gasteiger partial charge < -0.3 is 4.74 Å². The van der Waals surface area contributed by atoms with Gasteiger partial charge in [-0.3, -0.25) is 0 Å². The molecule has 3 aromatic rings. The number of anilines is 1. The summed E-state index contributed by atoms with van der Waals surface area (Å²) >= 11 is 1.37. The Morgan fingerprint density at radius 3 is 2.61 bits per heavy atom. The second kappa shape index (κ2) is 9.32. The number of hydrazone groups is 1. The second-order valence-electron chi connectivity index (χ2n) is 8.40. The summed E-state index contributed by atoms with van der Waals surface area (Å²) in [6.07, 6.45) is 5.50. The maximum absolute atomic E-state index is 12.4. The van der Waals surface area contributed by atoms with Crippen molar-refractivity contribution in [1.82, 2.24) is 4.98 Å². The van der Waals surface area contributed by atoms with Crippen molar-refractivity contribution in [2.45, 2.75) is 39.2 Å². The zero-order valence-electron chi connectivity index (χ0n) is 18.9. The molecular weight excluding hydrogens is 430 g/mol. The Morgan fingerprint density at radius 2 is 1.88 bits per heavy atom. The average Bonchev–Trinajstić information content (AvgIpc) is 3.42. The van der Waals surface area contributed by atoms with Gasteiger partial charge >= 0.3 is 5.97 Å². The fourth-order valence-corrected chi connectivity index (χ4v) is 5.71. The van der Waals surface area contributed by atoms with Crippen LogP contribution in [0.4, 0.5) is 5.13 Å². The van der Waals surface area contributed by atoms with Crippen LogP contribution in [-0.2, 0) is 4.74 Å². The summed E-state index contributed by atoms with van der Waals surface area (Å²) in [6.45, 7) is 4.03. The number of carbonyl (C=O) groups excluding carboxylic acids is 1. The summed E-state index contributed by atoms with van der Waals surface area (Å²) < 4.78 is 5.24. The first-order valence-electron chi connectivity index (χ1n) is 11.5. The molecule has 0 radical (unpaired) electrons. The molecule has 0 amide bonds. The minimum atomic E-state index is -0.316. The number of aromatic nitrogens is 1. The van der Waals surface area contributed by atoms with E-state index in [1.54, 1.807) is 0 Å².